The monoisotopic (exact) mass is 500 g/mol. The van der Waals surface area contributed by atoms with E-state index < -0.39 is 0 Å². The Bertz CT molecular complexity index is 849. The summed E-state index contributed by atoms with van der Waals surface area (Å²) in [6.07, 6.45) is 2.45. The summed E-state index contributed by atoms with van der Waals surface area (Å²) < 4.78 is 5.29. The molecule has 27 heavy (non-hydrogen) atoms. The number of nitrogens with one attached hydrogen (secondary N) is 3. The van der Waals surface area contributed by atoms with Gasteiger partial charge in [0.05, 0.1) is 6.26 Å². The Labute approximate surface area is 180 Å². The van der Waals surface area contributed by atoms with Gasteiger partial charge in [0, 0.05) is 18.1 Å². The Morgan fingerprint density at radius 3 is 2.89 bits per heavy atom. The Hall–Kier alpha value is -2.07. The number of halogens is 2. The highest BCUT2D eigenvalue weighted by Crippen LogP contribution is 2.14. The summed E-state index contributed by atoms with van der Waals surface area (Å²) in [7, 11) is 0. The zero-order chi connectivity index (χ0) is 18.2. The molecule has 0 saturated carbocycles. The van der Waals surface area contributed by atoms with Gasteiger partial charge in [-0.3, -0.25) is 5.10 Å². The Kier molecular flexibility index (Phi) is 8.59. The van der Waals surface area contributed by atoms with Crippen molar-refractivity contribution >= 4 is 41.5 Å². The third-order valence-corrected chi connectivity index (χ3v) is 3.83. The fraction of sp³-hybridized carbons (Fsp3) is 0.278. The number of furan rings is 1. The summed E-state index contributed by atoms with van der Waals surface area (Å²) in [5.74, 6) is 2.55. The van der Waals surface area contributed by atoms with Crippen molar-refractivity contribution in [2.45, 2.75) is 19.9 Å². The van der Waals surface area contributed by atoms with Gasteiger partial charge in [0.15, 0.2) is 11.7 Å². The van der Waals surface area contributed by atoms with E-state index in [0.717, 1.165) is 30.5 Å². The van der Waals surface area contributed by atoms with Crippen LogP contribution in [-0.4, -0.2) is 34.2 Å². The molecule has 2 heterocycles. The second-order valence-electron chi connectivity index (χ2n) is 5.58. The number of aliphatic imine (C=N–C) groups is 1. The maximum Gasteiger partial charge on any atom is 0.216 e. The van der Waals surface area contributed by atoms with E-state index in [1.165, 1.54) is 5.56 Å². The molecule has 1 aromatic carbocycles. The first-order chi connectivity index (χ1) is 12.7. The van der Waals surface area contributed by atoms with Gasteiger partial charge >= 0.3 is 0 Å². The molecule has 0 aliphatic carbocycles. The highest BCUT2D eigenvalue weighted by Gasteiger charge is 2.08. The summed E-state index contributed by atoms with van der Waals surface area (Å²) >= 11 is 6.01. The van der Waals surface area contributed by atoms with Crippen LogP contribution in [0, 0.1) is 0 Å². The van der Waals surface area contributed by atoms with Crippen molar-refractivity contribution in [2.75, 3.05) is 13.1 Å². The van der Waals surface area contributed by atoms with Crippen molar-refractivity contribution in [1.29, 1.82) is 0 Å². The van der Waals surface area contributed by atoms with Crippen LogP contribution in [0.15, 0.2) is 52.1 Å². The summed E-state index contributed by atoms with van der Waals surface area (Å²) in [5, 5.41) is 14.3. The Morgan fingerprint density at radius 1 is 1.26 bits per heavy atom. The summed E-state index contributed by atoms with van der Waals surface area (Å²) in [4.78, 5) is 8.92. The third kappa shape index (κ3) is 6.55. The van der Waals surface area contributed by atoms with E-state index in [9.17, 15) is 0 Å². The van der Waals surface area contributed by atoms with Crippen LogP contribution < -0.4 is 10.6 Å². The standard InChI is InChI=1S/C18H21ClN6O.HI/c1-2-20-18(21-9-8-13-5-3-6-14(19)11-13)22-12-16-23-17(25-24-16)15-7-4-10-26-15;/h3-7,10-11H,2,8-9,12H2,1H3,(H2,20,21,22)(H,23,24,25);1H. The zero-order valence-electron chi connectivity index (χ0n) is 14.9. The molecule has 0 aliphatic rings. The van der Waals surface area contributed by atoms with Crippen molar-refractivity contribution in [3.8, 4) is 11.6 Å². The summed E-state index contributed by atoms with van der Waals surface area (Å²) in [6, 6.07) is 11.5. The van der Waals surface area contributed by atoms with Crippen LogP contribution >= 0.6 is 35.6 Å². The van der Waals surface area contributed by atoms with E-state index in [1.807, 2.05) is 31.2 Å². The molecule has 0 bridgehead atoms. The molecule has 0 unspecified atom stereocenters. The molecule has 0 saturated heterocycles. The van der Waals surface area contributed by atoms with Gasteiger partial charge in [0.2, 0.25) is 5.82 Å². The van der Waals surface area contributed by atoms with Crippen LogP contribution in [0.2, 0.25) is 5.02 Å². The smallest absolute Gasteiger partial charge is 0.216 e. The van der Waals surface area contributed by atoms with E-state index in [0.29, 0.717) is 24.0 Å². The fourth-order valence-electron chi connectivity index (χ4n) is 2.40. The molecular formula is C18H22ClIN6O. The lowest BCUT2D eigenvalue weighted by Gasteiger charge is -2.11. The largest absolute Gasteiger partial charge is 0.461 e. The maximum absolute atomic E-state index is 6.01. The predicted octanol–water partition coefficient (Wildman–Crippen LogP) is 3.63. The molecule has 9 heteroatoms. The number of benzene rings is 1. The number of guanidine groups is 1. The number of hydrogen-bond donors (Lipinski definition) is 3. The van der Waals surface area contributed by atoms with Crippen molar-refractivity contribution in [1.82, 2.24) is 25.8 Å². The average Bonchev–Trinajstić information content (AvgIpc) is 3.31. The lowest BCUT2D eigenvalue weighted by molar-refractivity contribution is 0.577. The first-order valence-corrected chi connectivity index (χ1v) is 8.84. The quantitative estimate of drug-likeness (QED) is 0.262. The molecule has 0 radical (unpaired) electrons. The number of aromatic amines is 1. The number of rotatable bonds is 7. The van der Waals surface area contributed by atoms with Gasteiger partial charge in [-0.25, -0.2) is 9.98 Å². The van der Waals surface area contributed by atoms with Gasteiger partial charge in [-0.2, -0.15) is 0 Å². The summed E-state index contributed by atoms with van der Waals surface area (Å²) in [5.41, 5.74) is 1.18. The molecule has 0 aliphatic heterocycles. The number of hydrogen-bond acceptors (Lipinski definition) is 4. The molecule has 3 N–H and O–H groups in total. The molecular weight excluding hydrogens is 479 g/mol. The first-order valence-electron chi connectivity index (χ1n) is 8.46. The van der Waals surface area contributed by atoms with Crippen LogP contribution in [0.4, 0.5) is 0 Å². The molecule has 0 spiro atoms. The van der Waals surface area contributed by atoms with Crippen LogP contribution in [-0.2, 0) is 13.0 Å². The molecule has 7 nitrogen and oxygen atoms in total. The van der Waals surface area contributed by atoms with Crippen LogP contribution in [0.5, 0.6) is 0 Å². The van der Waals surface area contributed by atoms with E-state index in [2.05, 4.69) is 36.9 Å². The van der Waals surface area contributed by atoms with Crippen molar-refractivity contribution in [3.63, 3.8) is 0 Å². The molecule has 0 amide bonds. The van der Waals surface area contributed by atoms with Crippen LogP contribution in [0.1, 0.15) is 18.3 Å². The van der Waals surface area contributed by atoms with Gasteiger partial charge in [0.1, 0.15) is 12.4 Å². The number of aromatic nitrogens is 3. The number of H-pyrrole nitrogens is 1. The van der Waals surface area contributed by atoms with Crippen molar-refractivity contribution in [2.24, 2.45) is 4.99 Å². The lowest BCUT2D eigenvalue weighted by Crippen LogP contribution is -2.38. The SMILES string of the molecule is CCNC(=NCc1nc(-c2ccco2)n[nH]1)NCCc1cccc(Cl)c1.I. The van der Waals surface area contributed by atoms with Crippen molar-refractivity contribution < 1.29 is 4.42 Å². The molecule has 0 fully saturated rings. The second kappa shape index (κ2) is 10.9. The van der Waals surface area contributed by atoms with E-state index in [4.69, 9.17) is 16.0 Å². The normalized spacial score (nSPS) is 11.1. The first kappa shape index (κ1) is 21.2. The highest BCUT2D eigenvalue weighted by atomic mass is 127. The lowest BCUT2D eigenvalue weighted by atomic mass is 10.1. The minimum Gasteiger partial charge on any atom is -0.461 e. The Balaban J connectivity index is 0.00000261. The Morgan fingerprint density at radius 2 is 2.15 bits per heavy atom. The van der Waals surface area contributed by atoms with Gasteiger partial charge in [0.25, 0.3) is 0 Å². The molecule has 3 rings (SSSR count). The van der Waals surface area contributed by atoms with Crippen molar-refractivity contribution in [3.05, 3.63) is 59.1 Å². The van der Waals surface area contributed by atoms with Gasteiger partial charge in [-0.15, -0.1) is 29.1 Å². The van der Waals surface area contributed by atoms with Crippen LogP contribution in [0.25, 0.3) is 11.6 Å². The van der Waals surface area contributed by atoms with E-state index >= 15 is 0 Å². The maximum atomic E-state index is 6.01. The van der Waals surface area contributed by atoms with Gasteiger partial charge < -0.3 is 15.1 Å². The molecule has 0 atom stereocenters. The van der Waals surface area contributed by atoms with Gasteiger partial charge in [-0.1, -0.05) is 23.7 Å². The van der Waals surface area contributed by atoms with E-state index in [-0.39, 0.29) is 24.0 Å². The summed E-state index contributed by atoms with van der Waals surface area (Å²) in [6.45, 7) is 3.94. The van der Waals surface area contributed by atoms with E-state index in [1.54, 1.807) is 12.3 Å². The molecule has 144 valence electrons. The topological polar surface area (TPSA) is 91.1 Å². The minimum atomic E-state index is 0. The van der Waals surface area contributed by atoms with Crippen LogP contribution in [0.3, 0.4) is 0 Å². The zero-order valence-corrected chi connectivity index (χ0v) is 18.0. The average molecular weight is 501 g/mol. The third-order valence-electron chi connectivity index (χ3n) is 3.60. The fourth-order valence-corrected chi connectivity index (χ4v) is 2.61. The molecule has 3 aromatic rings. The second-order valence-corrected chi connectivity index (χ2v) is 6.02. The minimum absolute atomic E-state index is 0. The molecule has 2 aromatic heterocycles. The van der Waals surface area contributed by atoms with Gasteiger partial charge in [-0.05, 0) is 43.2 Å². The predicted molar refractivity (Wildman–Crippen MR) is 117 cm³/mol. The number of nitrogens with zero attached hydrogens (tertiary/aromatic N) is 3. The highest BCUT2D eigenvalue weighted by molar-refractivity contribution is 14.0.